The van der Waals surface area contributed by atoms with Crippen molar-refractivity contribution in [3.8, 4) is 0 Å². The van der Waals surface area contributed by atoms with Crippen LogP contribution < -0.4 is 0 Å². The number of esters is 1. The van der Waals surface area contributed by atoms with E-state index in [0.717, 1.165) is 5.75 Å². The lowest BCUT2D eigenvalue weighted by Crippen LogP contribution is -2.08. The first kappa shape index (κ1) is 18.3. The van der Waals surface area contributed by atoms with Crippen molar-refractivity contribution in [1.29, 1.82) is 0 Å². The monoisotopic (exact) mass is 304 g/mol. The fourth-order valence-corrected chi connectivity index (χ4v) is 1.55. The van der Waals surface area contributed by atoms with Crippen molar-refractivity contribution in [2.24, 2.45) is 0 Å². The van der Waals surface area contributed by atoms with Crippen molar-refractivity contribution < 1.29 is 19.7 Å². The summed E-state index contributed by atoms with van der Waals surface area (Å²) in [6.45, 7) is 0.735. The van der Waals surface area contributed by atoms with Crippen molar-refractivity contribution in [1.82, 2.24) is 0 Å². The van der Waals surface area contributed by atoms with E-state index < -0.39 is 0 Å². The molecule has 108 valence electrons. The van der Waals surface area contributed by atoms with E-state index in [4.69, 9.17) is 14.9 Å². The summed E-state index contributed by atoms with van der Waals surface area (Å²) in [5.41, 5.74) is 0.574. The average Bonchev–Trinajstić information content (AvgIpc) is 2.48. The molecule has 0 radical (unpaired) electrons. The number of aliphatic hydroxyl groups is 2. The molecule has 1 aromatic carbocycles. The zero-order valence-electron chi connectivity index (χ0n) is 10.7. The maximum absolute atomic E-state index is 11.4. The van der Waals surface area contributed by atoms with Crippen LogP contribution in [0.2, 0.25) is 0 Å². The lowest BCUT2D eigenvalue weighted by molar-refractivity contribution is 0.0530. The molecule has 0 unspecified atom stereocenters. The van der Waals surface area contributed by atoms with Crippen LogP contribution in [-0.2, 0) is 4.74 Å². The normalized spacial score (nSPS) is 9.42. The van der Waals surface area contributed by atoms with Crippen LogP contribution in [0.15, 0.2) is 30.3 Å². The fraction of sp³-hybridized carbons (Fsp3) is 0.462. The Morgan fingerprint density at radius 2 is 1.79 bits per heavy atom. The molecule has 0 aromatic heterocycles. The number of ether oxygens (including phenoxy) is 1. The van der Waals surface area contributed by atoms with Gasteiger partial charge in [-0.25, -0.2) is 4.79 Å². The van der Waals surface area contributed by atoms with E-state index in [0.29, 0.717) is 23.7 Å². The molecule has 19 heavy (non-hydrogen) atoms. The van der Waals surface area contributed by atoms with Crippen molar-refractivity contribution in [3.05, 3.63) is 35.9 Å². The third kappa shape index (κ3) is 10.9. The molecule has 0 aliphatic rings. The van der Waals surface area contributed by atoms with Crippen LogP contribution in [-0.4, -0.2) is 53.3 Å². The van der Waals surface area contributed by atoms with Crippen LogP contribution in [0.25, 0.3) is 0 Å². The summed E-state index contributed by atoms with van der Waals surface area (Å²) in [5, 5.41) is 16.3. The van der Waals surface area contributed by atoms with Crippen molar-refractivity contribution >= 4 is 30.4 Å². The van der Waals surface area contributed by atoms with Gasteiger partial charge in [0.05, 0.1) is 18.8 Å². The number of thiol groups is 1. The molecule has 1 rings (SSSR count). The van der Waals surface area contributed by atoms with E-state index in [2.05, 4.69) is 12.6 Å². The first-order valence-corrected chi connectivity index (χ1v) is 7.67. The summed E-state index contributed by atoms with van der Waals surface area (Å²) < 4.78 is 5.03. The van der Waals surface area contributed by atoms with Gasteiger partial charge in [-0.1, -0.05) is 18.2 Å². The largest absolute Gasteiger partial charge is 0.461 e. The van der Waals surface area contributed by atoms with Crippen LogP contribution in [0.4, 0.5) is 0 Å². The van der Waals surface area contributed by atoms with E-state index >= 15 is 0 Å². The predicted molar refractivity (Wildman–Crippen MR) is 82.1 cm³/mol. The van der Waals surface area contributed by atoms with E-state index in [9.17, 15) is 4.79 Å². The minimum atomic E-state index is -0.291. The van der Waals surface area contributed by atoms with Crippen LogP contribution in [0, 0.1) is 0 Å². The van der Waals surface area contributed by atoms with Gasteiger partial charge in [-0.05, 0) is 12.1 Å². The van der Waals surface area contributed by atoms with Gasteiger partial charge in [0.1, 0.15) is 6.61 Å². The highest BCUT2D eigenvalue weighted by Crippen LogP contribution is 2.03. The summed E-state index contributed by atoms with van der Waals surface area (Å²) >= 11 is 5.23. The van der Waals surface area contributed by atoms with Crippen molar-refractivity contribution in [2.45, 2.75) is 0 Å². The summed E-state index contributed by atoms with van der Waals surface area (Å²) in [7, 11) is 0. The van der Waals surface area contributed by atoms with Crippen molar-refractivity contribution in [3.63, 3.8) is 0 Å². The minimum absolute atomic E-state index is 0.164. The molecule has 0 saturated carbocycles. The maximum Gasteiger partial charge on any atom is 0.338 e. The third-order valence-corrected chi connectivity index (χ3v) is 2.93. The molecule has 4 nitrogen and oxygen atoms in total. The van der Waals surface area contributed by atoms with Gasteiger partial charge in [-0.3, -0.25) is 0 Å². The molecule has 0 atom stereocenters. The van der Waals surface area contributed by atoms with Gasteiger partial charge in [0.25, 0.3) is 0 Å². The number of hydrogen-bond donors (Lipinski definition) is 3. The standard InChI is InChI=1S/C11H14O3S.C2H6OS/c12-6-8-15-9-7-14-11(13)10-4-2-1-3-5-10;3-1-2-4/h1-5,12H,6-9H2;3-4H,1-2H2. The number of hydrogen-bond acceptors (Lipinski definition) is 6. The zero-order chi connectivity index (χ0) is 14.3. The first-order valence-electron chi connectivity index (χ1n) is 5.88. The van der Waals surface area contributed by atoms with E-state index in [1.807, 2.05) is 6.07 Å². The van der Waals surface area contributed by atoms with Gasteiger partial charge < -0.3 is 14.9 Å². The molecule has 6 heteroatoms. The fourth-order valence-electron chi connectivity index (χ4n) is 1.02. The number of thioether (sulfide) groups is 1. The van der Waals surface area contributed by atoms with Crippen LogP contribution in [0.5, 0.6) is 0 Å². The lowest BCUT2D eigenvalue weighted by atomic mass is 10.2. The summed E-state index contributed by atoms with van der Waals surface area (Å²) in [6.07, 6.45) is 0. The lowest BCUT2D eigenvalue weighted by Gasteiger charge is -2.03. The van der Waals surface area contributed by atoms with Gasteiger partial charge in [0, 0.05) is 17.3 Å². The molecule has 1 aromatic rings. The Bertz CT molecular complexity index is 318. The molecule has 2 N–H and O–H groups in total. The Morgan fingerprint density at radius 1 is 1.16 bits per heavy atom. The zero-order valence-corrected chi connectivity index (χ0v) is 12.4. The molecular weight excluding hydrogens is 284 g/mol. The Morgan fingerprint density at radius 3 is 2.32 bits per heavy atom. The van der Waals surface area contributed by atoms with Crippen molar-refractivity contribution in [2.75, 3.05) is 37.1 Å². The van der Waals surface area contributed by atoms with Gasteiger partial charge >= 0.3 is 5.97 Å². The first-order chi connectivity index (χ1) is 9.26. The van der Waals surface area contributed by atoms with Crippen LogP contribution in [0.1, 0.15) is 10.4 Å². The average molecular weight is 304 g/mol. The maximum atomic E-state index is 11.4. The predicted octanol–water partition coefficient (Wildman–Crippen LogP) is 1.48. The summed E-state index contributed by atoms with van der Waals surface area (Å²) in [5.74, 6) is 1.68. The Hall–Kier alpha value is -0.690. The van der Waals surface area contributed by atoms with Crippen LogP contribution >= 0.6 is 24.4 Å². The van der Waals surface area contributed by atoms with Gasteiger partial charge in [-0.2, -0.15) is 24.4 Å². The molecule has 0 aliphatic heterocycles. The highest BCUT2D eigenvalue weighted by molar-refractivity contribution is 7.99. The number of benzene rings is 1. The second kappa shape index (κ2) is 13.7. The molecule has 0 bridgehead atoms. The highest BCUT2D eigenvalue weighted by atomic mass is 32.2. The van der Waals surface area contributed by atoms with E-state index in [1.54, 1.807) is 36.0 Å². The number of carbonyl (C=O) groups is 1. The number of carbonyl (C=O) groups excluding carboxylic acids is 1. The smallest absolute Gasteiger partial charge is 0.338 e. The molecule has 0 spiro atoms. The van der Waals surface area contributed by atoms with Gasteiger partial charge in [0.2, 0.25) is 0 Å². The summed E-state index contributed by atoms with van der Waals surface area (Å²) in [4.78, 5) is 11.4. The SMILES string of the molecule is O=C(OCCSCCO)c1ccccc1.OCCS. The van der Waals surface area contributed by atoms with Gasteiger partial charge in [-0.15, -0.1) is 0 Å². The Labute approximate surface area is 123 Å². The summed E-state index contributed by atoms with van der Waals surface area (Å²) in [6, 6.07) is 8.91. The molecule has 0 amide bonds. The quantitative estimate of drug-likeness (QED) is 0.404. The second-order valence-corrected chi connectivity index (χ2v) is 4.96. The second-order valence-electron chi connectivity index (χ2n) is 3.29. The molecule has 0 heterocycles. The highest BCUT2D eigenvalue weighted by Gasteiger charge is 2.04. The molecule has 0 saturated heterocycles. The Balaban J connectivity index is 0.000000711. The Kier molecular flexibility index (Phi) is 13.2. The molecule has 0 fully saturated rings. The minimum Gasteiger partial charge on any atom is -0.461 e. The van der Waals surface area contributed by atoms with E-state index in [-0.39, 0.29) is 19.2 Å². The number of aliphatic hydroxyl groups excluding tert-OH is 2. The molecule has 0 aliphatic carbocycles. The van der Waals surface area contributed by atoms with Crippen LogP contribution in [0.3, 0.4) is 0 Å². The van der Waals surface area contributed by atoms with Gasteiger partial charge in [0.15, 0.2) is 0 Å². The topological polar surface area (TPSA) is 66.8 Å². The van der Waals surface area contributed by atoms with E-state index in [1.165, 1.54) is 0 Å². The number of rotatable bonds is 7. The molecular formula is C13H20O4S2. The third-order valence-electron chi connectivity index (χ3n) is 1.81.